The van der Waals surface area contributed by atoms with Crippen molar-refractivity contribution in [1.29, 1.82) is 0 Å². The van der Waals surface area contributed by atoms with Gasteiger partial charge in [-0.2, -0.15) is 0 Å². The lowest BCUT2D eigenvalue weighted by atomic mass is 10.0. The molecule has 0 aromatic rings. The summed E-state index contributed by atoms with van der Waals surface area (Å²) in [6, 6.07) is -0.129. The summed E-state index contributed by atoms with van der Waals surface area (Å²) in [6.45, 7) is 2.00. The van der Waals surface area contributed by atoms with Gasteiger partial charge in [-0.3, -0.25) is 4.90 Å². The minimum Gasteiger partial charge on any atom is -0.390 e. The van der Waals surface area contributed by atoms with E-state index in [1.165, 1.54) is 19.3 Å². The maximum absolute atomic E-state index is 11.5. The lowest BCUT2D eigenvalue weighted by molar-refractivity contribution is 0.0936. The fourth-order valence-corrected chi connectivity index (χ4v) is 5.53. The molecule has 4 unspecified atom stereocenters. The summed E-state index contributed by atoms with van der Waals surface area (Å²) in [4.78, 5) is 2.23. The van der Waals surface area contributed by atoms with E-state index in [1.807, 2.05) is 0 Å². The van der Waals surface area contributed by atoms with Crippen molar-refractivity contribution in [2.75, 3.05) is 24.6 Å². The minimum atomic E-state index is -3.00. The molecule has 92 valence electrons. The average Bonchev–Trinajstić information content (AvgIpc) is 2.76. The van der Waals surface area contributed by atoms with Crippen LogP contribution in [0.1, 0.15) is 19.3 Å². The fourth-order valence-electron chi connectivity index (χ4n) is 3.70. The van der Waals surface area contributed by atoms with Crippen LogP contribution in [0.3, 0.4) is 0 Å². The van der Waals surface area contributed by atoms with Crippen LogP contribution in [0.4, 0.5) is 0 Å². The molecule has 0 aromatic heterocycles. The number of fused-ring (bicyclic) bond motifs is 1. The van der Waals surface area contributed by atoms with E-state index in [-0.39, 0.29) is 17.5 Å². The Morgan fingerprint density at radius 3 is 2.19 bits per heavy atom. The zero-order chi connectivity index (χ0) is 11.3. The lowest BCUT2D eigenvalue weighted by Gasteiger charge is -2.26. The highest BCUT2D eigenvalue weighted by Gasteiger charge is 2.45. The predicted molar refractivity (Wildman–Crippen MR) is 60.9 cm³/mol. The SMILES string of the molecule is O=S1(=O)CC(O)C(N2CC3CCCC3C2)C1. The standard InChI is InChI=1S/C11H19NO3S/c13-11-7-16(14,15)6-10(11)12-4-8-2-1-3-9(8)5-12/h8-11,13H,1-7H2. The summed E-state index contributed by atoms with van der Waals surface area (Å²) in [6.07, 6.45) is 3.24. The molecular formula is C11H19NO3S. The van der Waals surface area contributed by atoms with Crippen LogP contribution in [0, 0.1) is 11.8 Å². The van der Waals surface area contributed by atoms with Crippen LogP contribution < -0.4 is 0 Å². The van der Waals surface area contributed by atoms with Gasteiger partial charge in [-0.25, -0.2) is 8.42 Å². The normalized spacial score (nSPS) is 47.3. The largest absolute Gasteiger partial charge is 0.390 e. The number of aliphatic hydroxyl groups is 1. The number of rotatable bonds is 1. The Labute approximate surface area is 96.6 Å². The van der Waals surface area contributed by atoms with Gasteiger partial charge in [0.15, 0.2) is 9.84 Å². The van der Waals surface area contributed by atoms with Crippen LogP contribution in [0.15, 0.2) is 0 Å². The zero-order valence-electron chi connectivity index (χ0n) is 9.38. The van der Waals surface area contributed by atoms with E-state index in [9.17, 15) is 13.5 Å². The smallest absolute Gasteiger partial charge is 0.154 e. The van der Waals surface area contributed by atoms with Crippen molar-refractivity contribution < 1.29 is 13.5 Å². The van der Waals surface area contributed by atoms with E-state index >= 15 is 0 Å². The third-order valence-electron chi connectivity index (χ3n) is 4.52. The highest BCUT2D eigenvalue weighted by molar-refractivity contribution is 7.91. The molecule has 0 radical (unpaired) electrons. The molecule has 2 heterocycles. The quantitative estimate of drug-likeness (QED) is 0.699. The number of sulfone groups is 1. The van der Waals surface area contributed by atoms with E-state index in [1.54, 1.807) is 0 Å². The maximum Gasteiger partial charge on any atom is 0.154 e. The highest BCUT2D eigenvalue weighted by atomic mass is 32.2. The second-order valence-electron chi connectivity index (χ2n) is 5.62. The molecule has 4 atom stereocenters. The van der Waals surface area contributed by atoms with Gasteiger partial charge in [0.05, 0.1) is 23.7 Å². The first-order valence-corrected chi connectivity index (χ1v) is 8.00. The number of aliphatic hydroxyl groups excluding tert-OH is 1. The van der Waals surface area contributed by atoms with Crippen molar-refractivity contribution in [1.82, 2.24) is 4.90 Å². The third kappa shape index (κ3) is 1.79. The van der Waals surface area contributed by atoms with Crippen LogP contribution in [0.5, 0.6) is 0 Å². The van der Waals surface area contributed by atoms with E-state index < -0.39 is 15.9 Å². The number of hydrogen-bond donors (Lipinski definition) is 1. The van der Waals surface area contributed by atoms with Gasteiger partial charge in [0.2, 0.25) is 0 Å². The molecule has 0 spiro atoms. The molecule has 1 saturated carbocycles. The number of nitrogens with zero attached hydrogens (tertiary/aromatic N) is 1. The molecule has 1 aliphatic carbocycles. The molecule has 3 aliphatic rings. The van der Waals surface area contributed by atoms with Crippen LogP contribution in [-0.4, -0.2) is 55.2 Å². The first kappa shape index (κ1) is 11.0. The van der Waals surface area contributed by atoms with Gasteiger partial charge in [-0.1, -0.05) is 6.42 Å². The topological polar surface area (TPSA) is 57.6 Å². The predicted octanol–water partition coefficient (Wildman–Crippen LogP) is -0.124. The molecule has 0 aromatic carbocycles. The summed E-state index contributed by atoms with van der Waals surface area (Å²) in [5.41, 5.74) is 0. The Balaban J connectivity index is 1.71. The van der Waals surface area contributed by atoms with Crippen molar-refractivity contribution in [2.24, 2.45) is 11.8 Å². The van der Waals surface area contributed by atoms with Gasteiger partial charge < -0.3 is 5.11 Å². The molecule has 2 aliphatic heterocycles. The average molecular weight is 245 g/mol. The number of likely N-dealkylation sites (tertiary alicyclic amines) is 1. The summed E-state index contributed by atoms with van der Waals surface area (Å²) in [5.74, 6) is 1.64. The Bertz CT molecular complexity index is 369. The molecule has 0 amide bonds. The molecule has 3 rings (SSSR count). The summed E-state index contributed by atoms with van der Waals surface area (Å²) >= 11 is 0. The van der Waals surface area contributed by atoms with Crippen molar-refractivity contribution in [3.63, 3.8) is 0 Å². The molecule has 4 nitrogen and oxygen atoms in total. The Kier molecular flexibility index (Phi) is 2.53. The van der Waals surface area contributed by atoms with Crippen LogP contribution >= 0.6 is 0 Å². The maximum atomic E-state index is 11.5. The second kappa shape index (κ2) is 3.68. The van der Waals surface area contributed by atoms with Crippen molar-refractivity contribution in [3.05, 3.63) is 0 Å². The van der Waals surface area contributed by atoms with Crippen LogP contribution in [0.2, 0.25) is 0 Å². The van der Waals surface area contributed by atoms with Crippen LogP contribution in [0.25, 0.3) is 0 Å². The van der Waals surface area contributed by atoms with Crippen molar-refractivity contribution in [3.8, 4) is 0 Å². The van der Waals surface area contributed by atoms with Gasteiger partial charge in [0, 0.05) is 13.1 Å². The molecule has 2 saturated heterocycles. The van der Waals surface area contributed by atoms with E-state index in [4.69, 9.17) is 0 Å². The minimum absolute atomic E-state index is 0.0382. The first-order chi connectivity index (χ1) is 7.55. The summed E-state index contributed by atoms with van der Waals surface area (Å²) in [7, 11) is -3.00. The zero-order valence-corrected chi connectivity index (χ0v) is 10.2. The summed E-state index contributed by atoms with van der Waals surface area (Å²) in [5, 5.41) is 9.83. The highest BCUT2D eigenvalue weighted by Crippen LogP contribution is 2.39. The van der Waals surface area contributed by atoms with Gasteiger partial charge in [0.1, 0.15) is 0 Å². The van der Waals surface area contributed by atoms with Crippen LogP contribution in [-0.2, 0) is 9.84 Å². The molecule has 1 N–H and O–H groups in total. The Morgan fingerprint density at radius 2 is 1.69 bits per heavy atom. The molecule has 3 fully saturated rings. The molecular weight excluding hydrogens is 226 g/mol. The van der Waals surface area contributed by atoms with E-state index in [2.05, 4.69) is 4.90 Å². The number of hydrogen-bond acceptors (Lipinski definition) is 4. The second-order valence-corrected chi connectivity index (χ2v) is 7.77. The van der Waals surface area contributed by atoms with Gasteiger partial charge in [0.25, 0.3) is 0 Å². The van der Waals surface area contributed by atoms with Gasteiger partial charge in [-0.05, 0) is 24.7 Å². The monoisotopic (exact) mass is 245 g/mol. The van der Waals surface area contributed by atoms with Gasteiger partial charge >= 0.3 is 0 Å². The van der Waals surface area contributed by atoms with Crippen molar-refractivity contribution in [2.45, 2.75) is 31.4 Å². The van der Waals surface area contributed by atoms with E-state index in [0.717, 1.165) is 24.9 Å². The molecule has 0 bridgehead atoms. The molecule has 5 heteroatoms. The lowest BCUT2D eigenvalue weighted by Crippen LogP contribution is -2.42. The Hall–Kier alpha value is -0.130. The first-order valence-electron chi connectivity index (χ1n) is 6.18. The summed E-state index contributed by atoms with van der Waals surface area (Å²) < 4.78 is 22.9. The third-order valence-corrected chi connectivity index (χ3v) is 6.22. The van der Waals surface area contributed by atoms with Crippen molar-refractivity contribution >= 4 is 9.84 Å². The molecule has 16 heavy (non-hydrogen) atoms. The van der Waals surface area contributed by atoms with E-state index in [0.29, 0.717) is 0 Å². The fraction of sp³-hybridized carbons (Fsp3) is 1.00. The van der Waals surface area contributed by atoms with Gasteiger partial charge in [-0.15, -0.1) is 0 Å². The Morgan fingerprint density at radius 1 is 1.06 bits per heavy atom.